The Balaban J connectivity index is 2.22. The molecule has 0 heterocycles. The molecule has 0 spiro atoms. The molecule has 0 aliphatic carbocycles. The smallest absolute Gasteiger partial charge is 0.146 e. The second-order valence-corrected chi connectivity index (χ2v) is 6.19. The summed E-state index contributed by atoms with van der Waals surface area (Å²) in [6.45, 7) is 2.34. The van der Waals surface area contributed by atoms with Gasteiger partial charge < -0.3 is 10.1 Å². The van der Waals surface area contributed by atoms with Crippen molar-refractivity contribution in [2.45, 2.75) is 13.5 Å². The number of nitrogens with one attached hydrogen (secondary N) is 1. The van der Waals surface area contributed by atoms with Crippen LogP contribution in [0.1, 0.15) is 11.1 Å². The van der Waals surface area contributed by atoms with Gasteiger partial charge in [0.15, 0.2) is 0 Å². The van der Waals surface area contributed by atoms with Crippen molar-refractivity contribution in [3.63, 3.8) is 0 Å². The summed E-state index contributed by atoms with van der Waals surface area (Å²) in [5.41, 5.74) is 2.32. The van der Waals surface area contributed by atoms with E-state index in [1.165, 1.54) is 6.07 Å². The first kappa shape index (κ1) is 15.3. The van der Waals surface area contributed by atoms with Crippen molar-refractivity contribution in [1.82, 2.24) is 0 Å². The maximum Gasteiger partial charge on any atom is 0.146 e. The van der Waals surface area contributed by atoms with E-state index in [0.29, 0.717) is 12.2 Å². The number of rotatable bonds is 4. The van der Waals surface area contributed by atoms with Gasteiger partial charge in [0.25, 0.3) is 0 Å². The third kappa shape index (κ3) is 3.52. The van der Waals surface area contributed by atoms with Gasteiger partial charge in [-0.15, -0.1) is 0 Å². The van der Waals surface area contributed by atoms with Crippen LogP contribution in [0.5, 0.6) is 5.75 Å². The van der Waals surface area contributed by atoms with Crippen molar-refractivity contribution < 1.29 is 9.13 Å². The lowest BCUT2D eigenvalue weighted by Crippen LogP contribution is -2.04. The van der Waals surface area contributed by atoms with E-state index in [0.717, 1.165) is 25.8 Å². The van der Waals surface area contributed by atoms with Gasteiger partial charge in [0, 0.05) is 16.6 Å². The monoisotopic (exact) mass is 401 g/mol. The molecule has 106 valence electrons. The van der Waals surface area contributed by atoms with Crippen LogP contribution in [-0.2, 0) is 6.54 Å². The van der Waals surface area contributed by atoms with E-state index >= 15 is 0 Å². The van der Waals surface area contributed by atoms with E-state index in [9.17, 15) is 4.39 Å². The minimum atomic E-state index is -0.252. The third-order valence-electron chi connectivity index (χ3n) is 2.88. The molecule has 0 radical (unpaired) electrons. The summed E-state index contributed by atoms with van der Waals surface area (Å²) in [5.74, 6) is 0.492. The van der Waals surface area contributed by atoms with Crippen molar-refractivity contribution in [3.8, 4) is 5.75 Å². The molecule has 0 aliphatic rings. The zero-order chi connectivity index (χ0) is 14.7. The average Bonchev–Trinajstić information content (AvgIpc) is 2.37. The van der Waals surface area contributed by atoms with Gasteiger partial charge in [-0.25, -0.2) is 4.39 Å². The fourth-order valence-electron chi connectivity index (χ4n) is 1.93. The number of methoxy groups -OCH3 is 1. The summed E-state index contributed by atoms with van der Waals surface area (Å²) in [6, 6.07) is 8.98. The number of halogens is 3. The Hall–Kier alpha value is -1.07. The Kier molecular flexibility index (Phi) is 5.05. The zero-order valence-electron chi connectivity index (χ0n) is 11.1. The summed E-state index contributed by atoms with van der Waals surface area (Å²) < 4.78 is 20.9. The topological polar surface area (TPSA) is 21.3 Å². The lowest BCUT2D eigenvalue weighted by atomic mass is 10.2. The molecular formula is C15H14Br2FNO. The molecule has 1 N–H and O–H groups in total. The summed E-state index contributed by atoms with van der Waals surface area (Å²) in [5, 5.41) is 3.09. The van der Waals surface area contributed by atoms with E-state index in [1.807, 2.05) is 25.1 Å². The molecule has 0 bridgehead atoms. The third-order valence-corrected chi connectivity index (χ3v) is 3.93. The normalized spacial score (nSPS) is 10.4. The molecule has 0 aromatic heterocycles. The lowest BCUT2D eigenvalue weighted by molar-refractivity contribution is 0.407. The second kappa shape index (κ2) is 6.59. The predicted molar refractivity (Wildman–Crippen MR) is 86.9 cm³/mol. The Morgan fingerprint density at radius 3 is 2.60 bits per heavy atom. The van der Waals surface area contributed by atoms with Crippen molar-refractivity contribution in [2.24, 2.45) is 0 Å². The minimum absolute atomic E-state index is 0.252. The van der Waals surface area contributed by atoms with Gasteiger partial charge in [-0.1, -0.05) is 22.0 Å². The van der Waals surface area contributed by atoms with Gasteiger partial charge in [-0.05, 0) is 52.7 Å². The van der Waals surface area contributed by atoms with E-state index < -0.39 is 0 Å². The summed E-state index contributed by atoms with van der Waals surface area (Å²) in [4.78, 5) is 0. The fourth-order valence-corrected chi connectivity index (χ4v) is 3.40. The van der Waals surface area contributed by atoms with Crippen LogP contribution in [0.4, 0.5) is 10.1 Å². The Bertz CT molecular complexity index is 632. The van der Waals surface area contributed by atoms with Crippen LogP contribution >= 0.6 is 31.9 Å². The lowest BCUT2D eigenvalue weighted by Gasteiger charge is -2.13. The average molecular weight is 403 g/mol. The molecule has 2 aromatic carbocycles. The van der Waals surface area contributed by atoms with Gasteiger partial charge in [0.05, 0.1) is 17.3 Å². The molecule has 0 aliphatic heterocycles. The highest BCUT2D eigenvalue weighted by Gasteiger charge is 2.10. The van der Waals surface area contributed by atoms with Crippen LogP contribution < -0.4 is 10.1 Å². The van der Waals surface area contributed by atoms with Crippen LogP contribution in [-0.4, -0.2) is 7.11 Å². The molecule has 0 saturated carbocycles. The van der Waals surface area contributed by atoms with Crippen molar-refractivity contribution in [2.75, 3.05) is 12.4 Å². The van der Waals surface area contributed by atoms with Crippen LogP contribution in [0.25, 0.3) is 0 Å². The number of anilines is 1. The van der Waals surface area contributed by atoms with Gasteiger partial charge in [0.2, 0.25) is 0 Å². The first-order chi connectivity index (χ1) is 9.51. The largest absolute Gasteiger partial charge is 0.495 e. The highest BCUT2D eigenvalue weighted by Crippen LogP contribution is 2.33. The van der Waals surface area contributed by atoms with E-state index in [4.69, 9.17) is 4.74 Å². The number of aryl methyl sites for hydroxylation is 1. The van der Waals surface area contributed by atoms with E-state index in [2.05, 4.69) is 37.2 Å². The molecule has 0 fully saturated rings. The van der Waals surface area contributed by atoms with Gasteiger partial charge in [-0.3, -0.25) is 0 Å². The van der Waals surface area contributed by atoms with Crippen molar-refractivity contribution in [1.29, 1.82) is 0 Å². The quantitative estimate of drug-likeness (QED) is 0.751. The molecule has 5 heteroatoms. The highest BCUT2D eigenvalue weighted by molar-refractivity contribution is 9.11. The first-order valence-electron chi connectivity index (χ1n) is 6.03. The maximum absolute atomic E-state index is 13.8. The van der Waals surface area contributed by atoms with Gasteiger partial charge in [0.1, 0.15) is 11.6 Å². The minimum Gasteiger partial charge on any atom is -0.495 e. The van der Waals surface area contributed by atoms with E-state index in [1.54, 1.807) is 13.2 Å². The standard InChI is InChI=1S/C15H14Br2FNO/c1-9-3-4-14(13(18)5-9)19-8-10-6-11(16)7-12(17)15(10)20-2/h3-7,19H,8H2,1-2H3. The Morgan fingerprint density at radius 2 is 1.95 bits per heavy atom. The number of hydrogen-bond acceptors (Lipinski definition) is 2. The summed E-state index contributed by atoms with van der Waals surface area (Å²) >= 11 is 6.89. The molecule has 0 saturated heterocycles. The van der Waals surface area contributed by atoms with Crippen molar-refractivity contribution >= 4 is 37.5 Å². The molecule has 2 aromatic rings. The second-order valence-electron chi connectivity index (χ2n) is 4.42. The fraction of sp³-hybridized carbons (Fsp3) is 0.200. The van der Waals surface area contributed by atoms with Crippen LogP contribution in [0.3, 0.4) is 0 Å². The number of ether oxygens (including phenoxy) is 1. The number of hydrogen-bond donors (Lipinski definition) is 1. The van der Waals surface area contributed by atoms with Gasteiger partial charge >= 0.3 is 0 Å². The van der Waals surface area contributed by atoms with Gasteiger partial charge in [-0.2, -0.15) is 0 Å². The van der Waals surface area contributed by atoms with Crippen molar-refractivity contribution in [3.05, 3.63) is 56.2 Å². The molecule has 0 amide bonds. The molecule has 2 nitrogen and oxygen atoms in total. The number of benzene rings is 2. The predicted octanol–water partition coefficient (Wildman–Crippen LogP) is 5.28. The first-order valence-corrected chi connectivity index (χ1v) is 7.62. The van der Waals surface area contributed by atoms with Crippen LogP contribution in [0.15, 0.2) is 39.3 Å². The molecular weight excluding hydrogens is 389 g/mol. The van der Waals surface area contributed by atoms with E-state index in [-0.39, 0.29) is 5.82 Å². The maximum atomic E-state index is 13.8. The summed E-state index contributed by atoms with van der Waals surface area (Å²) in [6.07, 6.45) is 0. The SMILES string of the molecule is COc1c(Br)cc(Br)cc1CNc1ccc(C)cc1F. The zero-order valence-corrected chi connectivity index (χ0v) is 14.3. The molecule has 0 atom stereocenters. The van der Waals surface area contributed by atoms with Crippen LogP contribution in [0, 0.1) is 12.7 Å². The molecule has 2 rings (SSSR count). The highest BCUT2D eigenvalue weighted by atomic mass is 79.9. The molecule has 0 unspecified atom stereocenters. The molecule has 20 heavy (non-hydrogen) atoms. The summed E-state index contributed by atoms with van der Waals surface area (Å²) in [7, 11) is 1.62. The Morgan fingerprint density at radius 1 is 1.20 bits per heavy atom. The van der Waals surface area contributed by atoms with Crippen LogP contribution in [0.2, 0.25) is 0 Å². The Labute approximate surface area is 134 Å².